The van der Waals surface area contributed by atoms with Gasteiger partial charge in [0.1, 0.15) is 0 Å². The monoisotopic (exact) mass is 365 g/mol. The minimum Gasteiger partial charge on any atom is -0.327 e. The van der Waals surface area contributed by atoms with E-state index in [0.717, 1.165) is 5.75 Å². The van der Waals surface area contributed by atoms with E-state index in [2.05, 4.69) is 17.1 Å². The summed E-state index contributed by atoms with van der Waals surface area (Å²) in [6.45, 7) is 0.497. The van der Waals surface area contributed by atoms with Gasteiger partial charge in [-0.05, 0) is 17.7 Å². The molecule has 1 aromatic carbocycles. The van der Waals surface area contributed by atoms with Gasteiger partial charge in [-0.25, -0.2) is 4.99 Å². The molecule has 1 aliphatic carbocycles. The fraction of sp³-hybridized carbons (Fsp3) is 0.400. The molecule has 0 amide bonds. The SMILES string of the molecule is N#C[C@@]12[C@H](c3ccc(Cl)cc3Cl)[C@]1(C#N)C(N)=[NH+][C@@]21OCCS1. The number of nitrogens with two attached hydrogens (primary N) is 1. The first-order valence-electron chi connectivity index (χ1n) is 6.95. The molecule has 0 aromatic heterocycles. The van der Waals surface area contributed by atoms with Crippen LogP contribution in [-0.4, -0.2) is 23.3 Å². The lowest BCUT2D eigenvalue weighted by Gasteiger charge is -2.23. The minimum absolute atomic E-state index is 0.270. The number of thioether (sulfide) groups is 1. The Bertz CT molecular complexity index is 839. The molecule has 0 bridgehead atoms. The topological polar surface area (TPSA) is 96.8 Å². The number of hydrogen-bond acceptors (Lipinski definition) is 5. The Labute approximate surface area is 147 Å². The normalized spacial score (nSPS) is 40.3. The van der Waals surface area contributed by atoms with E-state index < -0.39 is 21.8 Å². The quantitative estimate of drug-likeness (QED) is 0.772. The van der Waals surface area contributed by atoms with Gasteiger partial charge in [0.05, 0.1) is 18.7 Å². The highest BCUT2D eigenvalue weighted by molar-refractivity contribution is 8.00. The molecule has 0 radical (unpaired) electrons. The second-order valence-corrected chi connectivity index (χ2v) is 7.91. The number of rotatable bonds is 1. The average molecular weight is 366 g/mol. The van der Waals surface area contributed by atoms with Crippen molar-refractivity contribution in [2.24, 2.45) is 16.6 Å². The molecule has 2 fully saturated rings. The molecule has 2 aliphatic heterocycles. The van der Waals surface area contributed by atoms with Crippen molar-refractivity contribution in [1.82, 2.24) is 0 Å². The lowest BCUT2D eigenvalue weighted by molar-refractivity contribution is -0.583. The van der Waals surface area contributed by atoms with E-state index in [1.54, 1.807) is 18.2 Å². The van der Waals surface area contributed by atoms with Crippen LogP contribution in [0.5, 0.6) is 0 Å². The van der Waals surface area contributed by atoms with Crippen molar-refractivity contribution < 1.29 is 9.73 Å². The van der Waals surface area contributed by atoms with Crippen molar-refractivity contribution in [3.8, 4) is 12.1 Å². The molecular formula is C15H11Cl2N4OS+. The number of nitrogens with one attached hydrogen (secondary N) is 1. The Morgan fingerprint density at radius 1 is 1.35 bits per heavy atom. The van der Waals surface area contributed by atoms with E-state index in [-0.39, 0.29) is 5.84 Å². The Morgan fingerprint density at radius 2 is 2.13 bits per heavy atom. The lowest BCUT2D eigenvalue weighted by Crippen LogP contribution is -2.88. The summed E-state index contributed by atoms with van der Waals surface area (Å²) in [6.07, 6.45) is 0. The number of nitrogens with zero attached hydrogens (tertiary/aromatic N) is 2. The zero-order valence-electron chi connectivity index (χ0n) is 11.8. The highest BCUT2D eigenvalue weighted by atomic mass is 35.5. The summed E-state index contributed by atoms with van der Waals surface area (Å²) in [4.78, 5) is 3.06. The maximum absolute atomic E-state index is 10.0. The molecule has 23 heavy (non-hydrogen) atoms. The van der Waals surface area contributed by atoms with Gasteiger partial charge in [-0.15, -0.1) is 0 Å². The Morgan fingerprint density at radius 3 is 2.70 bits per heavy atom. The second-order valence-electron chi connectivity index (χ2n) is 5.79. The molecule has 116 valence electrons. The Balaban J connectivity index is 1.95. The van der Waals surface area contributed by atoms with Crippen LogP contribution >= 0.6 is 35.0 Å². The maximum Gasteiger partial charge on any atom is 0.277 e. The van der Waals surface area contributed by atoms with Gasteiger partial charge in [-0.3, -0.25) is 5.73 Å². The predicted molar refractivity (Wildman–Crippen MR) is 86.6 cm³/mol. The summed E-state index contributed by atoms with van der Waals surface area (Å²) in [7, 11) is 0. The molecule has 1 saturated carbocycles. The highest BCUT2D eigenvalue weighted by Crippen LogP contribution is 2.81. The Kier molecular flexibility index (Phi) is 2.99. The smallest absolute Gasteiger partial charge is 0.277 e. The van der Waals surface area contributed by atoms with Crippen LogP contribution in [0.2, 0.25) is 10.0 Å². The van der Waals surface area contributed by atoms with Crippen molar-refractivity contribution in [3.05, 3.63) is 33.8 Å². The molecule has 3 aliphatic rings. The van der Waals surface area contributed by atoms with Crippen LogP contribution in [0.15, 0.2) is 18.2 Å². The number of amidine groups is 1. The number of fused-ring (bicyclic) bond motifs is 2. The molecule has 1 aromatic rings. The summed E-state index contributed by atoms with van der Waals surface area (Å²) in [5, 5.41) is 19.8. The standard InChI is InChI=1S/C15H10Cl2N4OS/c16-8-1-2-9(10(17)5-8)11-13(6-18)12(20)21-15(14(11,13)7-19)22-3-4-23-15/h1-2,5,11H,3-4H2,(H2,20,21)/p+1/t11-,13-,14-,15-/m1/s1. The van der Waals surface area contributed by atoms with Crippen LogP contribution < -0.4 is 10.7 Å². The summed E-state index contributed by atoms with van der Waals surface area (Å²) in [5.41, 5.74) is 4.58. The van der Waals surface area contributed by atoms with Crippen molar-refractivity contribution in [2.75, 3.05) is 12.4 Å². The van der Waals surface area contributed by atoms with E-state index in [1.165, 1.54) is 11.8 Å². The first-order chi connectivity index (χ1) is 11.0. The zero-order chi connectivity index (χ0) is 16.5. The van der Waals surface area contributed by atoms with Crippen molar-refractivity contribution in [3.63, 3.8) is 0 Å². The average Bonchev–Trinajstić information content (AvgIpc) is 2.77. The van der Waals surface area contributed by atoms with E-state index in [0.29, 0.717) is 22.2 Å². The van der Waals surface area contributed by atoms with Crippen LogP contribution in [0.3, 0.4) is 0 Å². The van der Waals surface area contributed by atoms with Crippen LogP contribution in [0.1, 0.15) is 11.5 Å². The van der Waals surface area contributed by atoms with Crippen LogP contribution in [-0.2, 0) is 4.74 Å². The predicted octanol–water partition coefficient (Wildman–Crippen LogP) is 0.979. The molecule has 1 spiro atoms. The number of halogens is 2. The highest BCUT2D eigenvalue weighted by Gasteiger charge is 2.96. The van der Waals surface area contributed by atoms with Gasteiger partial charge >= 0.3 is 0 Å². The number of benzene rings is 1. The maximum atomic E-state index is 10.0. The van der Waals surface area contributed by atoms with Crippen molar-refractivity contribution >= 4 is 40.8 Å². The molecule has 4 rings (SSSR count). The number of hydrogen-bond donors (Lipinski definition) is 2. The molecule has 5 nitrogen and oxygen atoms in total. The van der Waals surface area contributed by atoms with E-state index >= 15 is 0 Å². The van der Waals surface area contributed by atoms with Gasteiger partial charge in [-0.1, -0.05) is 41.0 Å². The fourth-order valence-electron chi connectivity index (χ4n) is 4.02. The zero-order valence-corrected chi connectivity index (χ0v) is 14.1. The lowest BCUT2D eigenvalue weighted by atomic mass is 9.95. The van der Waals surface area contributed by atoms with Crippen LogP contribution in [0, 0.1) is 33.5 Å². The molecule has 2 heterocycles. The fourth-order valence-corrected chi connectivity index (χ4v) is 5.89. The Hall–Kier alpha value is -1.44. The van der Waals surface area contributed by atoms with Crippen LogP contribution in [0.25, 0.3) is 0 Å². The molecule has 8 heteroatoms. The number of nitriles is 2. The summed E-state index contributed by atoms with van der Waals surface area (Å²) in [5.74, 6) is 0.542. The summed E-state index contributed by atoms with van der Waals surface area (Å²) in [6, 6.07) is 9.67. The molecule has 4 atom stereocenters. The van der Waals surface area contributed by atoms with Crippen LogP contribution in [0.4, 0.5) is 0 Å². The molecular weight excluding hydrogens is 355 g/mol. The summed E-state index contributed by atoms with van der Waals surface area (Å²) < 4.78 is 5.87. The van der Waals surface area contributed by atoms with Gasteiger partial charge in [0.2, 0.25) is 0 Å². The largest absolute Gasteiger partial charge is 0.327 e. The third kappa shape index (κ3) is 1.46. The van der Waals surface area contributed by atoms with E-state index in [9.17, 15) is 10.5 Å². The molecule has 1 saturated heterocycles. The van der Waals surface area contributed by atoms with Gasteiger partial charge < -0.3 is 4.74 Å². The third-order valence-corrected chi connectivity index (χ3v) is 6.85. The second kappa shape index (κ2) is 4.55. The molecule has 3 N–H and O–H groups in total. The summed E-state index contributed by atoms with van der Waals surface area (Å²) >= 11 is 13.8. The van der Waals surface area contributed by atoms with E-state index in [1.807, 2.05) is 0 Å². The van der Waals surface area contributed by atoms with Gasteiger partial charge in [-0.2, -0.15) is 10.5 Å². The minimum atomic E-state index is -1.16. The first-order valence-corrected chi connectivity index (χ1v) is 8.70. The van der Waals surface area contributed by atoms with Crippen molar-refractivity contribution in [2.45, 2.75) is 11.0 Å². The van der Waals surface area contributed by atoms with Gasteiger partial charge in [0, 0.05) is 21.7 Å². The van der Waals surface area contributed by atoms with Gasteiger partial charge in [0.15, 0.2) is 10.8 Å². The molecule has 0 unspecified atom stereocenters. The number of ether oxygens (including phenoxy) is 1. The van der Waals surface area contributed by atoms with Gasteiger partial charge in [0.25, 0.3) is 10.9 Å². The van der Waals surface area contributed by atoms with Crippen molar-refractivity contribution in [1.29, 1.82) is 10.5 Å². The third-order valence-electron chi connectivity index (χ3n) is 4.97. The first kappa shape index (κ1) is 15.1. The van der Waals surface area contributed by atoms with E-state index in [4.69, 9.17) is 33.7 Å².